The Labute approximate surface area is 159 Å². The summed E-state index contributed by atoms with van der Waals surface area (Å²) in [5.41, 5.74) is 1.01. The van der Waals surface area contributed by atoms with Gasteiger partial charge in [0.15, 0.2) is 0 Å². The fourth-order valence-corrected chi connectivity index (χ4v) is 3.09. The fraction of sp³-hybridized carbons (Fsp3) is 0.400. The van der Waals surface area contributed by atoms with Gasteiger partial charge in [0.25, 0.3) is 0 Å². The minimum Gasteiger partial charge on any atom is -0.337 e. The van der Waals surface area contributed by atoms with E-state index in [2.05, 4.69) is 9.97 Å². The molecule has 7 nitrogen and oxygen atoms in total. The quantitative estimate of drug-likeness (QED) is 0.767. The minimum atomic E-state index is -0.446. The molecule has 1 aromatic carbocycles. The molecule has 0 radical (unpaired) electrons. The third kappa shape index (κ3) is 4.61. The molecular formula is C20H25N5O2. The van der Waals surface area contributed by atoms with E-state index in [9.17, 15) is 9.59 Å². The Bertz CT molecular complexity index is 758. The molecule has 142 valence electrons. The molecule has 2 aromatic rings. The van der Waals surface area contributed by atoms with E-state index in [1.807, 2.05) is 49.1 Å². The van der Waals surface area contributed by atoms with Gasteiger partial charge in [-0.05, 0) is 25.5 Å². The van der Waals surface area contributed by atoms with E-state index in [1.54, 1.807) is 28.3 Å². The maximum absolute atomic E-state index is 12.8. The van der Waals surface area contributed by atoms with Crippen LogP contribution in [-0.2, 0) is 16.1 Å². The summed E-state index contributed by atoms with van der Waals surface area (Å²) in [5, 5.41) is 0. The Hall–Kier alpha value is -2.96. The summed E-state index contributed by atoms with van der Waals surface area (Å²) >= 11 is 0. The standard InChI is InChI=1S/C20H25N5O2/c1-16(2)25(15-17-7-4-3-5-8-17)19(27)18(26)23-11-13-24(14-12-23)20-21-9-6-10-22-20/h3-10,16H,11-15H2,1-2H3. The highest BCUT2D eigenvalue weighted by molar-refractivity contribution is 6.35. The number of hydrogen-bond acceptors (Lipinski definition) is 5. The summed E-state index contributed by atoms with van der Waals surface area (Å²) < 4.78 is 0. The number of anilines is 1. The Morgan fingerprint density at radius 1 is 1.00 bits per heavy atom. The molecule has 1 aromatic heterocycles. The number of carbonyl (C=O) groups excluding carboxylic acids is 2. The van der Waals surface area contributed by atoms with Gasteiger partial charge in [0, 0.05) is 51.2 Å². The summed E-state index contributed by atoms with van der Waals surface area (Å²) in [4.78, 5) is 39.4. The van der Waals surface area contributed by atoms with E-state index in [0.29, 0.717) is 38.7 Å². The largest absolute Gasteiger partial charge is 0.337 e. The van der Waals surface area contributed by atoms with Gasteiger partial charge in [0.05, 0.1) is 0 Å². The molecule has 0 saturated carbocycles. The van der Waals surface area contributed by atoms with Gasteiger partial charge in [0.1, 0.15) is 0 Å². The van der Waals surface area contributed by atoms with Gasteiger partial charge in [-0.2, -0.15) is 0 Å². The Morgan fingerprint density at radius 2 is 1.63 bits per heavy atom. The third-order valence-corrected chi connectivity index (χ3v) is 4.66. The average molecular weight is 367 g/mol. The predicted molar refractivity (Wildman–Crippen MR) is 103 cm³/mol. The van der Waals surface area contributed by atoms with E-state index in [1.165, 1.54) is 0 Å². The number of nitrogens with zero attached hydrogens (tertiary/aromatic N) is 5. The summed E-state index contributed by atoms with van der Waals surface area (Å²) in [6, 6.07) is 11.5. The molecule has 3 rings (SSSR count). The van der Waals surface area contributed by atoms with Crippen molar-refractivity contribution in [3.63, 3.8) is 0 Å². The molecule has 27 heavy (non-hydrogen) atoms. The fourth-order valence-electron chi connectivity index (χ4n) is 3.09. The number of carbonyl (C=O) groups is 2. The van der Waals surface area contributed by atoms with Crippen LogP contribution in [-0.4, -0.2) is 63.8 Å². The van der Waals surface area contributed by atoms with Crippen LogP contribution in [0.5, 0.6) is 0 Å². The smallest absolute Gasteiger partial charge is 0.312 e. The molecule has 0 bridgehead atoms. The summed E-state index contributed by atoms with van der Waals surface area (Å²) in [7, 11) is 0. The van der Waals surface area contributed by atoms with Crippen molar-refractivity contribution in [1.82, 2.24) is 19.8 Å². The normalized spacial score (nSPS) is 14.3. The number of piperazine rings is 1. The van der Waals surface area contributed by atoms with Crippen LogP contribution in [0.4, 0.5) is 5.95 Å². The van der Waals surface area contributed by atoms with Gasteiger partial charge in [-0.1, -0.05) is 30.3 Å². The van der Waals surface area contributed by atoms with Crippen LogP contribution in [0.2, 0.25) is 0 Å². The van der Waals surface area contributed by atoms with Crippen LogP contribution in [0.15, 0.2) is 48.8 Å². The van der Waals surface area contributed by atoms with Crippen molar-refractivity contribution in [2.24, 2.45) is 0 Å². The summed E-state index contributed by atoms with van der Waals surface area (Å²) in [5.74, 6) is -0.227. The lowest BCUT2D eigenvalue weighted by atomic mass is 10.2. The maximum Gasteiger partial charge on any atom is 0.312 e. The van der Waals surface area contributed by atoms with E-state index >= 15 is 0 Å². The molecular weight excluding hydrogens is 342 g/mol. The van der Waals surface area contributed by atoms with E-state index < -0.39 is 11.8 Å². The zero-order chi connectivity index (χ0) is 19.2. The van der Waals surface area contributed by atoms with Gasteiger partial charge in [-0.3, -0.25) is 9.59 Å². The van der Waals surface area contributed by atoms with Gasteiger partial charge >= 0.3 is 11.8 Å². The molecule has 1 saturated heterocycles. The SMILES string of the molecule is CC(C)N(Cc1ccccc1)C(=O)C(=O)N1CCN(c2ncccn2)CC1. The van der Waals surface area contributed by atoms with Crippen molar-refractivity contribution in [3.05, 3.63) is 54.4 Å². The van der Waals surface area contributed by atoms with Crippen molar-refractivity contribution < 1.29 is 9.59 Å². The molecule has 1 fully saturated rings. The number of rotatable bonds is 4. The zero-order valence-electron chi connectivity index (χ0n) is 15.8. The van der Waals surface area contributed by atoms with Gasteiger partial charge in [-0.15, -0.1) is 0 Å². The van der Waals surface area contributed by atoms with Crippen molar-refractivity contribution in [1.29, 1.82) is 0 Å². The van der Waals surface area contributed by atoms with Crippen LogP contribution in [0, 0.1) is 0 Å². The number of hydrogen-bond donors (Lipinski definition) is 0. The van der Waals surface area contributed by atoms with Gasteiger partial charge < -0.3 is 14.7 Å². The first kappa shape index (κ1) is 18.8. The van der Waals surface area contributed by atoms with Crippen LogP contribution in [0.3, 0.4) is 0 Å². The molecule has 2 heterocycles. The van der Waals surface area contributed by atoms with Crippen LogP contribution in [0.25, 0.3) is 0 Å². The average Bonchev–Trinajstić information content (AvgIpc) is 2.72. The predicted octanol–water partition coefficient (Wildman–Crippen LogP) is 1.56. The van der Waals surface area contributed by atoms with E-state index in [-0.39, 0.29) is 6.04 Å². The molecule has 0 N–H and O–H groups in total. The second-order valence-electron chi connectivity index (χ2n) is 6.84. The molecule has 0 unspecified atom stereocenters. The lowest BCUT2D eigenvalue weighted by molar-refractivity contribution is -0.153. The first-order valence-corrected chi connectivity index (χ1v) is 9.22. The molecule has 0 atom stereocenters. The first-order chi connectivity index (χ1) is 13.1. The monoisotopic (exact) mass is 367 g/mol. The van der Waals surface area contributed by atoms with Crippen molar-refractivity contribution in [2.45, 2.75) is 26.4 Å². The molecule has 7 heteroatoms. The molecule has 0 spiro atoms. The Kier molecular flexibility index (Phi) is 6.01. The highest BCUT2D eigenvalue weighted by Crippen LogP contribution is 2.13. The van der Waals surface area contributed by atoms with E-state index in [4.69, 9.17) is 0 Å². The third-order valence-electron chi connectivity index (χ3n) is 4.66. The van der Waals surface area contributed by atoms with E-state index in [0.717, 1.165) is 5.56 Å². The molecule has 0 aliphatic carbocycles. The Balaban J connectivity index is 1.61. The number of aromatic nitrogens is 2. The van der Waals surface area contributed by atoms with Crippen LogP contribution in [0.1, 0.15) is 19.4 Å². The molecule has 1 aliphatic rings. The molecule has 2 amide bonds. The van der Waals surface area contributed by atoms with Crippen LogP contribution >= 0.6 is 0 Å². The maximum atomic E-state index is 12.8. The van der Waals surface area contributed by atoms with Crippen molar-refractivity contribution in [3.8, 4) is 0 Å². The highest BCUT2D eigenvalue weighted by Gasteiger charge is 2.31. The number of benzene rings is 1. The lowest BCUT2D eigenvalue weighted by Gasteiger charge is -2.36. The second-order valence-corrected chi connectivity index (χ2v) is 6.84. The van der Waals surface area contributed by atoms with Crippen LogP contribution < -0.4 is 4.90 Å². The topological polar surface area (TPSA) is 69.6 Å². The summed E-state index contributed by atoms with van der Waals surface area (Å²) in [6.07, 6.45) is 3.40. The van der Waals surface area contributed by atoms with Crippen molar-refractivity contribution in [2.75, 3.05) is 31.1 Å². The first-order valence-electron chi connectivity index (χ1n) is 9.22. The lowest BCUT2D eigenvalue weighted by Crippen LogP contribution is -2.54. The minimum absolute atomic E-state index is 0.0549. The van der Waals surface area contributed by atoms with Crippen molar-refractivity contribution >= 4 is 17.8 Å². The highest BCUT2D eigenvalue weighted by atomic mass is 16.2. The Morgan fingerprint density at radius 3 is 2.22 bits per heavy atom. The second kappa shape index (κ2) is 8.62. The molecule has 1 aliphatic heterocycles. The zero-order valence-corrected chi connectivity index (χ0v) is 15.8. The number of amides is 2. The summed E-state index contributed by atoms with van der Waals surface area (Å²) in [6.45, 7) is 6.49. The van der Waals surface area contributed by atoms with Gasteiger partial charge in [-0.25, -0.2) is 9.97 Å². The van der Waals surface area contributed by atoms with Gasteiger partial charge in [0.2, 0.25) is 5.95 Å².